The van der Waals surface area contributed by atoms with Gasteiger partial charge in [0.25, 0.3) is 0 Å². The second-order valence-corrected chi connectivity index (χ2v) is 8.33. The first-order valence-electron chi connectivity index (χ1n) is 9.94. The summed E-state index contributed by atoms with van der Waals surface area (Å²) in [4.78, 5) is 6.98. The highest BCUT2D eigenvalue weighted by atomic mass is 19.1. The number of nitrogens with zero attached hydrogens (tertiary/aromatic N) is 2. The van der Waals surface area contributed by atoms with E-state index in [1.807, 2.05) is 19.2 Å². The van der Waals surface area contributed by atoms with Gasteiger partial charge in [-0.1, -0.05) is 18.6 Å². The van der Waals surface area contributed by atoms with Gasteiger partial charge in [-0.3, -0.25) is 4.99 Å². The van der Waals surface area contributed by atoms with Crippen molar-refractivity contribution >= 4 is 5.96 Å². The molecule has 3 fully saturated rings. The molecule has 26 heavy (non-hydrogen) atoms. The summed E-state index contributed by atoms with van der Waals surface area (Å²) in [5.74, 6) is 0.837. The molecule has 0 radical (unpaired) electrons. The van der Waals surface area contributed by atoms with Gasteiger partial charge in [-0.25, -0.2) is 4.39 Å². The lowest BCUT2D eigenvalue weighted by Crippen LogP contribution is -2.49. The third-order valence-electron chi connectivity index (χ3n) is 6.86. The highest BCUT2D eigenvalue weighted by Crippen LogP contribution is 2.48. The Labute approximate surface area is 155 Å². The molecule has 1 saturated carbocycles. The van der Waals surface area contributed by atoms with E-state index in [1.165, 1.54) is 31.2 Å². The van der Waals surface area contributed by atoms with Crippen molar-refractivity contribution in [2.45, 2.75) is 43.9 Å². The molecule has 1 spiro atoms. The van der Waals surface area contributed by atoms with Crippen LogP contribution in [0.2, 0.25) is 0 Å². The first-order valence-corrected chi connectivity index (χ1v) is 9.94. The zero-order chi connectivity index (χ0) is 18.0. The van der Waals surface area contributed by atoms with Gasteiger partial charge < -0.3 is 15.0 Å². The number of ether oxygens (including phenoxy) is 1. The summed E-state index contributed by atoms with van der Waals surface area (Å²) in [7, 11) is 1.88. The van der Waals surface area contributed by atoms with Crippen LogP contribution in [0.3, 0.4) is 0 Å². The van der Waals surface area contributed by atoms with Crippen molar-refractivity contribution in [1.82, 2.24) is 10.2 Å². The molecule has 4 nitrogen and oxygen atoms in total. The summed E-state index contributed by atoms with van der Waals surface area (Å²) >= 11 is 0. The van der Waals surface area contributed by atoms with Crippen LogP contribution < -0.4 is 5.32 Å². The number of hydrogen-bond donors (Lipinski definition) is 1. The Hall–Kier alpha value is -1.62. The number of benzene rings is 1. The van der Waals surface area contributed by atoms with Crippen molar-refractivity contribution in [2.75, 3.05) is 39.9 Å². The second kappa shape index (κ2) is 7.18. The van der Waals surface area contributed by atoms with E-state index in [0.29, 0.717) is 5.41 Å². The topological polar surface area (TPSA) is 36.9 Å². The predicted molar refractivity (Wildman–Crippen MR) is 102 cm³/mol. The molecular weight excluding hydrogens is 329 g/mol. The molecule has 2 aliphatic heterocycles. The molecule has 5 heteroatoms. The van der Waals surface area contributed by atoms with Crippen molar-refractivity contribution in [3.05, 3.63) is 35.6 Å². The fourth-order valence-corrected chi connectivity index (χ4v) is 4.91. The number of guanidine groups is 1. The summed E-state index contributed by atoms with van der Waals surface area (Å²) in [6.45, 7) is 4.57. The van der Waals surface area contributed by atoms with Crippen LogP contribution in [0.1, 0.15) is 44.1 Å². The van der Waals surface area contributed by atoms with E-state index in [9.17, 15) is 4.39 Å². The molecule has 142 valence electrons. The normalized spacial score (nSPS) is 24.5. The quantitative estimate of drug-likeness (QED) is 0.664. The first kappa shape index (κ1) is 17.8. The molecule has 4 rings (SSSR count). The first-order chi connectivity index (χ1) is 12.6. The molecular formula is C21H30FN3O. The smallest absolute Gasteiger partial charge is 0.193 e. The van der Waals surface area contributed by atoms with Crippen LogP contribution in [-0.4, -0.2) is 50.8 Å². The van der Waals surface area contributed by atoms with Gasteiger partial charge in [0.05, 0.1) is 0 Å². The van der Waals surface area contributed by atoms with Crippen molar-refractivity contribution in [2.24, 2.45) is 10.4 Å². The third-order valence-corrected chi connectivity index (χ3v) is 6.86. The highest BCUT2D eigenvalue weighted by molar-refractivity contribution is 5.80. The van der Waals surface area contributed by atoms with Crippen LogP contribution in [0.4, 0.5) is 4.39 Å². The monoisotopic (exact) mass is 359 g/mol. The van der Waals surface area contributed by atoms with Crippen LogP contribution in [0.5, 0.6) is 0 Å². The van der Waals surface area contributed by atoms with E-state index in [4.69, 9.17) is 4.74 Å². The van der Waals surface area contributed by atoms with Gasteiger partial charge in [-0.2, -0.15) is 0 Å². The lowest BCUT2D eigenvalue weighted by molar-refractivity contribution is 0.0511. The summed E-state index contributed by atoms with van der Waals surface area (Å²) in [5, 5.41) is 3.65. The Morgan fingerprint density at radius 3 is 2.46 bits per heavy atom. The zero-order valence-corrected chi connectivity index (χ0v) is 15.8. The Bertz CT molecular complexity index is 648. The Morgan fingerprint density at radius 2 is 1.88 bits per heavy atom. The van der Waals surface area contributed by atoms with Gasteiger partial charge in [-0.15, -0.1) is 0 Å². The molecule has 2 heterocycles. The summed E-state index contributed by atoms with van der Waals surface area (Å²) in [6.07, 6.45) is 7.33. The van der Waals surface area contributed by atoms with E-state index < -0.39 is 0 Å². The number of hydrogen-bond acceptors (Lipinski definition) is 2. The minimum atomic E-state index is -0.178. The van der Waals surface area contributed by atoms with Gasteiger partial charge in [0, 0.05) is 45.3 Å². The summed E-state index contributed by atoms with van der Waals surface area (Å²) in [5.41, 5.74) is 1.74. The Balaban J connectivity index is 1.46. The predicted octanol–water partition coefficient (Wildman–Crippen LogP) is 3.33. The van der Waals surface area contributed by atoms with Gasteiger partial charge in [0.2, 0.25) is 0 Å². The molecule has 2 saturated heterocycles. The Morgan fingerprint density at radius 1 is 1.15 bits per heavy atom. The standard InChI is InChI=1S/C21H30FN3O/c1-23-19(25-12-9-20(16-25)7-2-8-20)24-15-21(10-13-26-14-11-21)17-3-5-18(22)6-4-17/h3-6H,2,7-16H2,1H3,(H,23,24). The van der Waals surface area contributed by atoms with Crippen LogP contribution >= 0.6 is 0 Å². The van der Waals surface area contributed by atoms with Crippen molar-refractivity contribution < 1.29 is 9.13 Å². The molecule has 3 aliphatic rings. The van der Waals surface area contributed by atoms with Crippen LogP contribution in [0.15, 0.2) is 29.3 Å². The van der Waals surface area contributed by atoms with E-state index in [0.717, 1.165) is 51.6 Å². The second-order valence-electron chi connectivity index (χ2n) is 8.33. The van der Waals surface area contributed by atoms with Crippen molar-refractivity contribution in [1.29, 1.82) is 0 Å². The van der Waals surface area contributed by atoms with Crippen LogP contribution in [0.25, 0.3) is 0 Å². The van der Waals surface area contributed by atoms with Gasteiger partial charge in [0.1, 0.15) is 5.82 Å². The zero-order valence-electron chi connectivity index (χ0n) is 15.8. The average Bonchev–Trinajstić information content (AvgIpc) is 3.10. The largest absolute Gasteiger partial charge is 0.381 e. The Kier molecular flexibility index (Phi) is 4.91. The third kappa shape index (κ3) is 3.34. The molecule has 0 aromatic heterocycles. The highest BCUT2D eigenvalue weighted by Gasteiger charge is 2.44. The molecule has 1 aromatic rings. The molecule has 0 atom stereocenters. The minimum absolute atomic E-state index is 0.0181. The van der Waals surface area contributed by atoms with Crippen molar-refractivity contribution in [3.8, 4) is 0 Å². The van der Waals surface area contributed by atoms with E-state index >= 15 is 0 Å². The minimum Gasteiger partial charge on any atom is -0.381 e. The maximum absolute atomic E-state index is 13.4. The number of nitrogens with one attached hydrogen (secondary N) is 1. The molecule has 0 bridgehead atoms. The van der Waals surface area contributed by atoms with Crippen LogP contribution in [0, 0.1) is 11.2 Å². The molecule has 1 aromatic carbocycles. The van der Waals surface area contributed by atoms with E-state index in [-0.39, 0.29) is 11.2 Å². The van der Waals surface area contributed by atoms with Gasteiger partial charge in [-0.05, 0) is 55.2 Å². The lowest BCUT2D eigenvalue weighted by atomic mass is 9.68. The number of likely N-dealkylation sites (tertiary alicyclic amines) is 1. The summed E-state index contributed by atoms with van der Waals surface area (Å²) < 4.78 is 19.0. The lowest BCUT2D eigenvalue weighted by Gasteiger charge is -2.40. The molecule has 1 N–H and O–H groups in total. The van der Waals surface area contributed by atoms with Crippen molar-refractivity contribution in [3.63, 3.8) is 0 Å². The maximum atomic E-state index is 13.4. The maximum Gasteiger partial charge on any atom is 0.193 e. The van der Waals surface area contributed by atoms with Crippen LogP contribution in [-0.2, 0) is 10.2 Å². The molecule has 0 unspecified atom stereocenters. The SMILES string of the molecule is CN=C(NCC1(c2ccc(F)cc2)CCOCC1)N1CCC2(CCC2)C1. The molecule has 0 amide bonds. The fourth-order valence-electron chi connectivity index (χ4n) is 4.91. The van der Waals surface area contributed by atoms with Gasteiger partial charge >= 0.3 is 0 Å². The van der Waals surface area contributed by atoms with E-state index in [2.05, 4.69) is 15.2 Å². The fraction of sp³-hybridized carbons (Fsp3) is 0.667. The summed E-state index contributed by atoms with van der Waals surface area (Å²) in [6, 6.07) is 7.01. The van der Waals surface area contributed by atoms with Gasteiger partial charge in [0.15, 0.2) is 5.96 Å². The number of aliphatic imine (C=N–C) groups is 1. The van der Waals surface area contributed by atoms with E-state index in [1.54, 1.807) is 12.1 Å². The number of rotatable bonds is 3. The molecule has 1 aliphatic carbocycles. The average molecular weight is 359 g/mol. The number of halogens is 1.